The van der Waals surface area contributed by atoms with Gasteiger partial charge in [0.05, 0.1) is 18.4 Å². The van der Waals surface area contributed by atoms with Crippen LogP contribution in [0.3, 0.4) is 0 Å². The summed E-state index contributed by atoms with van der Waals surface area (Å²) in [5, 5.41) is 6.62. The highest BCUT2D eigenvalue weighted by Crippen LogP contribution is 2.25. The minimum Gasteiger partial charge on any atom is -0.323 e. The van der Waals surface area contributed by atoms with Crippen LogP contribution in [0.15, 0.2) is 18.5 Å². The van der Waals surface area contributed by atoms with Crippen molar-refractivity contribution in [2.75, 3.05) is 5.32 Å². The fourth-order valence-corrected chi connectivity index (χ4v) is 3.03. The molecule has 4 nitrogen and oxygen atoms in total. The normalized spacial score (nSPS) is 15.4. The third-order valence-electron chi connectivity index (χ3n) is 4.41. The molecule has 1 amide bonds. The van der Waals surface area contributed by atoms with Gasteiger partial charge < -0.3 is 5.32 Å². The highest BCUT2D eigenvalue weighted by Gasteiger charge is 2.22. The van der Waals surface area contributed by atoms with E-state index in [1.807, 2.05) is 0 Å². The van der Waals surface area contributed by atoms with E-state index in [4.69, 9.17) is 0 Å². The Morgan fingerprint density at radius 3 is 2.56 bits per heavy atom. The van der Waals surface area contributed by atoms with Crippen molar-refractivity contribution in [3.63, 3.8) is 0 Å². The van der Waals surface area contributed by atoms with Crippen LogP contribution in [0.1, 0.15) is 37.7 Å². The van der Waals surface area contributed by atoms with E-state index in [0.29, 0.717) is 11.8 Å². The Morgan fingerprint density at radius 1 is 1.12 bits per heavy atom. The van der Waals surface area contributed by atoms with Crippen molar-refractivity contribution in [1.29, 1.82) is 0 Å². The Labute approximate surface area is 141 Å². The lowest BCUT2D eigenvalue weighted by Crippen LogP contribution is -2.24. The predicted molar refractivity (Wildman–Crippen MR) is 82.8 cm³/mol. The van der Waals surface area contributed by atoms with Crippen LogP contribution in [0.25, 0.3) is 0 Å². The summed E-state index contributed by atoms with van der Waals surface area (Å²) in [6.07, 6.45) is 7.58. The number of hydrogen-bond acceptors (Lipinski definition) is 2. The van der Waals surface area contributed by atoms with E-state index in [1.54, 1.807) is 0 Å². The molecule has 134 valence electrons. The smallest absolute Gasteiger partial charge is 0.227 e. The topological polar surface area (TPSA) is 46.9 Å². The average molecular weight is 355 g/mol. The lowest BCUT2D eigenvalue weighted by atomic mass is 9.89. The van der Waals surface area contributed by atoms with Gasteiger partial charge in [0, 0.05) is 23.7 Å². The lowest BCUT2D eigenvalue weighted by molar-refractivity contribution is -0.120. The van der Waals surface area contributed by atoms with Gasteiger partial charge >= 0.3 is 0 Å². The number of carbonyl (C=O) groups is 1. The molecule has 0 saturated heterocycles. The predicted octanol–water partition coefficient (Wildman–Crippen LogP) is 4.01. The zero-order chi connectivity index (χ0) is 18.0. The number of aromatic nitrogens is 2. The standard InChI is InChI=1S/C17H17F4N3O/c18-13-6-14(19)16(21)15(20)12(13)9-24-8-11(7-22-24)23-17(25)10-4-2-1-3-5-10/h6-8,10H,1-5,9H2,(H,23,25). The maximum absolute atomic E-state index is 13.7. The summed E-state index contributed by atoms with van der Waals surface area (Å²) in [4.78, 5) is 12.2. The summed E-state index contributed by atoms with van der Waals surface area (Å²) >= 11 is 0. The van der Waals surface area contributed by atoms with Crippen molar-refractivity contribution in [2.24, 2.45) is 5.92 Å². The molecule has 1 aromatic carbocycles. The number of nitrogens with one attached hydrogen (secondary N) is 1. The van der Waals surface area contributed by atoms with Gasteiger partial charge in [-0.2, -0.15) is 5.10 Å². The molecule has 0 aliphatic heterocycles. The highest BCUT2D eigenvalue weighted by molar-refractivity contribution is 5.92. The third-order valence-corrected chi connectivity index (χ3v) is 4.41. The molecule has 25 heavy (non-hydrogen) atoms. The monoisotopic (exact) mass is 355 g/mol. The van der Waals surface area contributed by atoms with E-state index in [-0.39, 0.29) is 11.8 Å². The number of rotatable bonds is 4. The summed E-state index contributed by atoms with van der Waals surface area (Å²) < 4.78 is 54.7. The van der Waals surface area contributed by atoms with Crippen LogP contribution in [0.2, 0.25) is 0 Å². The summed E-state index contributed by atoms with van der Waals surface area (Å²) in [5.41, 5.74) is -0.244. The Kier molecular flexibility index (Phi) is 5.06. The Balaban J connectivity index is 1.70. The molecule has 8 heteroatoms. The van der Waals surface area contributed by atoms with Crippen LogP contribution in [0.5, 0.6) is 0 Å². The summed E-state index contributed by atoms with van der Waals surface area (Å²) in [7, 11) is 0. The molecular weight excluding hydrogens is 338 g/mol. The van der Waals surface area contributed by atoms with Crippen LogP contribution in [0.4, 0.5) is 23.2 Å². The van der Waals surface area contributed by atoms with Crippen molar-refractivity contribution < 1.29 is 22.4 Å². The molecule has 0 spiro atoms. The highest BCUT2D eigenvalue weighted by atomic mass is 19.2. The van der Waals surface area contributed by atoms with E-state index >= 15 is 0 Å². The zero-order valence-electron chi connectivity index (χ0n) is 13.4. The van der Waals surface area contributed by atoms with Gasteiger partial charge in [-0.25, -0.2) is 17.6 Å². The summed E-state index contributed by atoms with van der Waals surface area (Å²) in [6.45, 7) is -0.422. The van der Waals surface area contributed by atoms with Crippen molar-refractivity contribution in [1.82, 2.24) is 9.78 Å². The maximum atomic E-state index is 13.7. The molecule has 1 heterocycles. The molecule has 2 aromatic rings. The molecule has 1 N–H and O–H groups in total. The van der Waals surface area contributed by atoms with Crippen LogP contribution >= 0.6 is 0 Å². The van der Waals surface area contributed by atoms with E-state index in [2.05, 4.69) is 10.4 Å². The van der Waals surface area contributed by atoms with E-state index in [0.717, 1.165) is 36.8 Å². The number of anilines is 1. The largest absolute Gasteiger partial charge is 0.323 e. The molecule has 3 rings (SSSR count). The number of nitrogens with zero attached hydrogens (tertiary/aromatic N) is 2. The molecule has 0 atom stereocenters. The van der Waals surface area contributed by atoms with E-state index < -0.39 is 35.4 Å². The maximum Gasteiger partial charge on any atom is 0.227 e. The molecule has 1 aliphatic carbocycles. The second-order valence-corrected chi connectivity index (χ2v) is 6.20. The van der Waals surface area contributed by atoms with Crippen molar-refractivity contribution in [3.05, 3.63) is 47.3 Å². The van der Waals surface area contributed by atoms with Crippen LogP contribution in [-0.4, -0.2) is 15.7 Å². The Bertz CT molecular complexity index is 784. The molecule has 1 saturated carbocycles. The Hall–Kier alpha value is -2.38. The average Bonchev–Trinajstić information content (AvgIpc) is 3.04. The number of benzene rings is 1. The first kappa shape index (κ1) is 17.4. The molecule has 1 aromatic heterocycles. The van der Waals surface area contributed by atoms with Gasteiger partial charge in [-0.15, -0.1) is 0 Å². The van der Waals surface area contributed by atoms with E-state index in [1.165, 1.54) is 12.4 Å². The van der Waals surface area contributed by atoms with Crippen LogP contribution in [0, 0.1) is 29.2 Å². The minimum atomic E-state index is -1.73. The second kappa shape index (κ2) is 7.25. The van der Waals surface area contributed by atoms with Gasteiger partial charge in [0.15, 0.2) is 17.5 Å². The fourth-order valence-electron chi connectivity index (χ4n) is 3.03. The number of carbonyl (C=O) groups excluding carboxylic acids is 1. The molecule has 0 unspecified atom stereocenters. The fraction of sp³-hybridized carbons (Fsp3) is 0.412. The summed E-state index contributed by atoms with van der Waals surface area (Å²) in [5.74, 6) is -6.24. The first-order chi connectivity index (χ1) is 12.0. The first-order valence-electron chi connectivity index (χ1n) is 8.11. The quantitative estimate of drug-likeness (QED) is 0.512. The first-order valence-corrected chi connectivity index (χ1v) is 8.11. The number of halogens is 4. The van der Waals surface area contributed by atoms with Gasteiger partial charge in [-0.3, -0.25) is 9.48 Å². The SMILES string of the molecule is O=C(Nc1cnn(Cc2c(F)cc(F)c(F)c2F)c1)C1CCCCC1. The van der Waals surface area contributed by atoms with Gasteiger partial charge in [0.25, 0.3) is 0 Å². The van der Waals surface area contributed by atoms with Gasteiger partial charge in [0.1, 0.15) is 5.82 Å². The van der Waals surface area contributed by atoms with Gasteiger partial charge in [0.2, 0.25) is 5.91 Å². The Morgan fingerprint density at radius 2 is 1.84 bits per heavy atom. The van der Waals surface area contributed by atoms with E-state index in [9.17, 15) is 22.4 Å². The molecular formula is C17H17F4N3O. The van der Waals surface area contributed by atoms with Gasteiger partial charge in [-0.1, -0.05) is 19.3 Å². The minimum absolute atomic E-state index is 0.0433. The zero-order valence-corrected chi connectivity index (χ0v) is 13.4. The van der Waals surface area contributed by atoms with Crippen LogP contribution < -0.4 is 5.32 Å². The summed E-state index contributed by atoms with van der Waals surface area (Å²) in [6, 6.07) is 0.295. The van der Waals surface area contributed by atoms with Crippen LogP contribution in [-0.2, 0) is 11.3 Å². The van der Waals surface area contributed by atoms with Gasteiger partial charge in [-0.05, 0) is 12.8 Å². The number of hydrogen-bond donors (Lipinski definition) is 1. The molecule has 1 aliphatic rings. The van der Waals surface area contributed by atoms with Crippen molar-refractivity contribution in [2.45, 2.75) is 38.6 Å². The third kappa shape index (κ3) is 3.83. The molecule has 0 bridgehead atoms. The van der Waals surface area contributed by atoms with Crippen molar-refractivity contribution in [3.8, 4) is 0 Å². The number of amides is 1. The van der Waals surface area contributed by atoms with Crippen molar-refractivity contribution >= 4 is 11.6 Å². The second-order valence-electron chi connectivity index (χ2n) is 6.20. The lowest BCUT2D eigenvalue weighted by Gasteiger charge is -2.20. The molecule has 0 radical (unpaired) electrons. The molecule has 1 fully saturated rings.